The molecule has 134 valence electrons. The number of nitrogens with one attached hydrogen (secondary N) is 1. The molecular weight excluding hydrogens is 330 g/mol. The van der Waals surface area contributed by atoms with Crippen LogP contribution in [-0.4, -0.2) is 28.5 Å². The minimum Gasteiger partial charge on any atom is -0.465 e. The van der Waals surface area contributed by atoms with Gasteiger partial charge in [-0.3, -0.25) is 4.79 Å². The van der Waals surface area contributed by atoms with Crippen molar-refractivity contribution in [1.29, 1.82) is 0 Å². The maximum absolute atomic E-state index is 12.5. The van der Waals surface area contributed by atoms with Crippen LogP contribution in [0.5, 0.6) is 0 Å². The number of benzene rings is 2. The summed E-state index contributed by atoms with van der Waals surface area (Å²) in [6, 6.07) is 14.0. The van der Waals surface area contributed by atoms with Gasteiger partial charge in [-0.2, -0.15) is 0 Å². The average Bonchev–Trinajstić information content (AvgIpc) is 3.06. The van der Waals surface area contributed by atoms with Crippen LogP contribution >= 0.6 is 0 Å². The van der Waals surface area contributed by atoms with Gasteiger partial charge in [-0.25, -0.2) is 9.78 Å². The number of carbonyl (C=O) groups is 2. The number of ether oxygens (including phenoxy) is 1. The fourth-order valence-electron chi connectivity index (χ4n) is 2.98. The minimum absolute atomic E-state index is 0.219. The molecule has 0 aliphatic rings. The summed E-state index contributed by atoms with van der Waals surface area (Å²) in [6.45, 7) is 4.73. The molecule has 6 nitrogen and oxygen atoms in total. The van der Waals surface area contributed by atoms with E-state index >= 15 is 0 Å². The van der Waals surface area contributed by atoms with Gasteiger partial charge < -0.3 is 14.6 Å². The Kier molecular flexibility index (Phi) is 5.02. The quantitative estimate of drug-likeness (QED) is 0.716. The molecule has 3 aromatic rings. The van der Waals surface area contributed by atoms with Crippen molar-refractivity contribution < 1.29 is 14.3 Å². The van der Waals surface area contributed by atoms with Gasteiger partial charge in [0.1, 0.15) is 5.82 Å². The van der Waals surface area contributed by atoms with Crippen LogP contribution in [-0.2, 0) is 11.3 Å². The van der Waals surface area contributed by atoms with E-state index in [0.717, 1.165) is 23.4 Å². The minimum atomic E-state index is -0.429. The predicted octanol–water partition coefficient (Wildman–Crippen LogP) is 3.33. The average molecular weight is 351 g/mol. The van der Waals surface area contributed by atoms with E-state index < -0.39 is 5.97 Å². The Bertz CT molecular complexity index is 945. The van der Waals surface area contributed by atoms with Gasteiger partial charge in [0.25, 0.3) is 5.91 Å². The highest BCUT2D eigenvalue weighted by molar-refractivity contribution is 5.96. The lowest BCUT2D eigenvalue weighted by Crippen LogP contribution is -2.28. The van der Waals surface area contributed by atoms with E-state index in [2.05, 4.69) is 26.5 Å². The number of rotatable bonds is 5. The summed E-state index contributed by atoms with van der Waals surface area (Å²) in [4.78, 5) is 28.7. The molecule has 0 bridgehead atoms. The number of fused-ring (bicyclic) bond motifs is 1. The summed E-state index contributed by atoms with van der Waals surface area (Å²) in [5, 5.41) is 2.97. The number of carbonyl (C=O) groups excluding carboxylic acids is 2. The van der Waals surface area contributed by atoms with Crippen LogP contribution in [0.3, 0.4) is 0 Å². The largest absolute Gasteiger partial charge is 0.465 e. The van der Waals surface area contributed by atoms with Crippen molar-refractivity contribution in [1.82, 2.24) is 14.9 Å². The molecule has 0 fully saturated rings. The van der Waals surface area contributed by atoms with Crippen molar-refractivity contribution in [3.05, 3.63) is 65.5 Å². The lowest BCUT2D eigenvalue weighted by molar-refractivity contribution is 0.0600. The van der Waals surface area contributed by atoms with Crippen molar-refractivity contribution >= 4 is 22.9 Å². The van der Waals surface area contributed by atoms with Crippen molar-refractivity contribution in [3.63, 3.8) is 0 Å². The van der Waals surface area contributed by atoms with Crippen molar-refractivity contribution in [3.8, 4) is 0 Å². The second-order valence-corrected chi connectivity index (χ2v) is 5.97. The first-order valence-electron chi connectivity index (χ1n) is 8.49. The molecule has 0 aliphatic heterocycles. The highest BCUT2D eigenvalue weighted by Crippen LogP contribution is 2.21. The van der Waals surface area contributed by atoms with E-state index in [1.54, 1.807) is 24.3 Å². The van der Waals surface area contributed by atoms with Crippen molar-refractivity contribution in [2.24, 2.45) is 0 Å². The first-order chi connectivity index (χ1) is 12.5. The van der Waals surface area contributed by atoms with Crippen LogP contribution in [0.1, 0.15) is 46.4 Å². The van der Waals surface area contributed by atoms with Crippen LogP contribution in [0, 0.1) is 0 Å². The number of methoxy groups -OCH3 is 1. The summed E-state index contributed by atoms with van der Waals surface area (Å²) in [6.07, 6.45) is 0. The zero-order valence-electron chi connectivity index (χ0n) is 15.0. The Balaban J connectivity index is 1.80. The monoisotopic (exact) mass is 351 g/mol. The maximum Gasteiger partial charge on any atom is 0.337 e. The van der Waals surface area contributed by atoms with Crippen LogP contribution in [0.25, 0.3) is 11.0 Å². The van der Waals surface area contributed by atoms with Gasteiger partial charge in [0, 0.05) is 12.1 Å². The first-order valence-corrected chi connectivity index (χ1v) is 8.49. The normalized spacial score (nSPS) is 12.0. The fourth-order valence-corrected chi connectivity index (χ4v) is 2.98. The molecule has 1 atom stereocenters. The molecule has 3 rings (SSSR count). The Hall–Kier alpha value is -3.15. The number of hydrogen-bond donors (Lipinski definition) is 1. The SMILES string of the molecule is CCn1c(C(C)NC(=O)c2ccc(C(=O)OC)cc2)nc2ccccc21. The van der Waals surface area contributed by atoms with Crippen LogP contribution in [0.15, 0.2) is 48.5 Å². The second kappa shape index (κ2) is 7.39. The first kappa shape index (κ1) is 17.7. The smallest absolute Gasteiger partial charge is 0.337 e. The molecule has 0 spiro atoms. The molecule has 0 aliphatic carbocycles. The van der Waals surface area contributed by atoms with E-state index in [4.69, 9.17) is 0 Å². The Morgan fingerprint density at radius 3 is 2.42 bits per heavy atom. The maximum atomic E-state index is 12.5. The van der Waals surface area contributed by atoms with Gasteiger partial charge in [-0.1, -0.05) is 12.1 Å². The van der Waals surface area contributed by atoms with E-state index in [0.29, 0.717) is 11.1 Å². The van der Waals surface area contributed by atoms with Gasteiger partial charge >= 0.3 is 5.97 Å². The number of hydrogen-bond acceptors (Lipinski definition) is 4. The van der Waals surface area contributed by atoms with Gasteiger partial charge in [-0.15, -0.1) is 0 Å². The van der Waals surface area contributed by atoms with Crippen LogP contribution in [0.2, 0.25) is 0 Å². The molecular formula is C20H21N3O3. The molecule has 0 saturated heterocycles. The molecule has 1 N–H and O–H groups in total. The highest BCUT2D eigenvalue weighted by Gasteiger charge is 2.18. The van der Waals surface area contributed by atoms with Crippen molar-refractivity contribution in [2.45, 2.75) is 26.4 Å². The molecule has 1 heterocycles. The number of aromatic nitrogens is 2. The standard InChI is InChI=1S/C20H21N3O3/c1-4-23-17-8-6-5-7-16(17)22-18(23)13(2)21-19(24)14-9-11-15(12-10-14)20(25)26-3/h5-13H,4H2,1-3H3,(H,21,24). The Labute approximate surface area is 151 Å². The highest BCUT2D eigenvalue weighted by atomic mass is 16.5. The zero-order chi connectivity index (χ0) is 18.7. The molecule has 1 aromatic heterocycles. The molecule has 1 amide bonds. The summed E-state index contributed by atoms with van der Waals surface area (Å²) in [5.74, 6) is 0.166. The van der Waals surface area contributed by atoms with Gasteiger partial charge in [0.05, 0.1) is 29.7 Å². The topological polar surface area (TPSA) is 73.2 Å². The lowest BCUT2D eigenvalue weighted by Gasteiger charge is -2.15. The van der Waals surface area contributed by atoms with Crippen molar-refractivity contribution in [2.75, 3.05) is 7.11 Å². The van der Waals surface area contributed by atoms with Crippen LogP contribution < -0.4 is 5.32 Å². The third-order valence-corrected chi connectivity index (χ3v) is 4.30. The number of aryl methyl sites for hydroxylation is 1. The van der Waals surface area contributed by atoms with E-state index in [1.807, 2.05) is 31.2 Å². The summed E-state index contributed by atoms with van der Waals surface area (Å²) >= 11 is 0. The molecule has 1 unspecified atom stereocenters. The number of nitrogens with zero attached hydrogens (tertiary/aromatic N) is 2. The second-order valence-electron chi connectivity index (χ2n) is 5.97. The number of para-hydroxylation sites is 2. The molecule has 2 aromatic carbocycles. The van der Waals surface area contributed by atoms with Gasteiger partial charge in [-0.05, 0) is 50.2 Å². The van der Waals surface area contributed by atoms with Gasteiger partial charge in [0.15, 0.2) is 0 Å². The van der Waals surface area contributed by atoms with E-state index in [1.165, 1.54) is 7.11 Å². The number of imidazole rings is 1. The summed E-state index contributed by atoms with van der Waals surface area (Å²) in [7, 11) is 1.32. The predicted molar refractivity (Wildman–Crippen MR) is 99.1 cm³/mol. The Morgan fingerprint density at radius 2 is 1.77 bits per heavy atom. The molecule has 0 radical (unpaired) electrons. The van der Waals surface area contributed by atoms with Gasteiger partial charge in [0.2, 0.25) is 0 Å². The third kappa shape index (κ3) is 3.31. The Morgan fingerprint density at radius 1 is 1.12 bits per heavy atom. The number of amides is 1. The summed E-state index contributed by atoms with van der Waals surface area (Å²) < 4.78 is 6.76. The molecule has 26 heavy (non-hydrogen) atoms. The zero-order valence-corrected chi connectivity index (χ0v) is 15.0. The van der Waals surface area contributed by atoms with Crippen LogP contribution in [0.4, 0.5) is 0 Å². The fraction of sp³-hybridized carbons (Fsp3) is 0.250. The third-order valence-electron chi connectivity index (χ3n) is 4.30. The molecule has 0 saturated carbocycles. The molecule has 6 heteroatoms. The number of esters is 1. The summed E-state index contributed by atoms with van der Waals surface area (Å²) in [5.41, 5.74) is 2.84. The van der Waals surface area contributed by atoms with E-state index in [9.17, 15) is 9.59 Å². The lowest BCUT2D eigenvalue weighted by atomic mass is 10.1. The van der Waals surface area contributed by atoms with E-state index in [-0.39, 0.29) is 11.9 Å².